The first kappa shape index (κ1) is 13.9. The molecule has 0 atom stereocenters. The molecule has 0 amide bonds. The van der Waals surface area contributed by atoms with Gasteiger partial charge < -0.3 is 4.98 Å². The minimum atomic E-state index is -2.66. The number of thioether (sulfide) groups is 1. The molecule has 9 heteroatoms. The summed E-state index contributed by atoms with van der Waals surface area (Å²) in [6.45, 7) is -2.66. The van der Waals surface area contributed by atoms with Gasteiger partial charge in [-0.1, -0.05) is 11.8 Å². The Kier molecular flexibility index (Phi) is 3.58. The van der Waals surface area contributed by atoms with Crippen LogP contribution in [0.4, 0.5) is 17.6 Å². The fourth-order valence-electron chi connectivity index (χ4n) is 1.82. The summed E-state index contributed by atoms with van der Waals surface area (Å²) >= 11 is 1.12. The van der Waals surface area contributed by atoms with E-state index in [0.717, 1.165) is 28.5 Å². The minimum Gasteiger partial charge on any atom is -0.333 e. The molecule has 0 aliphatic carbocycles. The molecule has 0 radical (unpaired) electrons. The van der Waals surface area contributed by atoms with E-state index >= 15 is 0 Å². The number of aromatic amines is 1. The number of aromatic nitrogens is 4. The fourth-order valence-corrected chi connectivity index (χ4v) is 2.65. The van der Waals surface area contributed by atoms with Crippen LogP contribution in [-0.2, 0) is 5.75 Å². The van der Waals surface area contributed by atoms with Crippen LogP contribution in [0.15, 0.2) is 29.7 Å². The number of benzene rings is 1. The number of imidazole rings is 2. The van der Waals surface area contributed by atoms with Crippen LogP contribution in [-0.4, -0.2) is 19.5 Å². The number of hydrogen-bond acceptors (Lipinski definition) is 3. The molecule has 4 nitrogen and oxygen atoms in total. The molecule has 110 valence electrons. The fraction of sp³-hybridized carbons (Fsp3) is 0.167. The van der Waals surface area contributed by atoms with E-state index in [-0.39, 0.29) is 17.1 Å². The lowest BCUT2D eigenvalue weighted by Gasteiger charge is -2.04. The second-order valence-electron chi connectivity index (χ2n) is 4.14. The molecule has 0 unspecified atom stereocenters. The molecule has 21 heavy (non-hydrogen) atoms. The maximum atomic E-state index is 13.1. The highest BCUT2D eigenvalue weighted by molar-refractivity contribution is 7.98. The lowest BCUT2D eigenvalue weighted by Crippen LogP contribution is -2.02. The standard InChI is InChI=1S/C12H8F4N4S/c13-6-3-8-9(4-7(6)14)19-12(18-8)21-5-10-17-1-2-20(10)11(15)16/h1-4,11H,5H2,(H,18,19). The van der Waals surface area contributed by atoms with Gasteiger partial charge in [-0.3, -0.25) is 4.57 Å². The van der Waals surface area contributed by atoms with Crippen LogP contribution in [0.3, 0.4) is 0 Å². The molecule has 0 aliphatic heterocycles. The predicted molar refractivity (Wildman–Crippen MR) is 69.1 cm³/mol. The van der Waals surface area contributed by atoms with Gasteiger partial charge in [-0.05, 0) is 0 Å². The first-order chi connectivity index (χ1) is 10.0. The molecule has 1 N–H and O–H groups in total. The van der Waals surface area contributed by atoms with E-state index in [9.17, 15) is 17.6 Å². The van der Waals surface area contributed by atoms with Crippen molar-refractivity contribution in [3.05, 3.63) is 42.0 Å². The van der Waals surface area contributed by atoms with E-state index in [0.29, 0.717) is 10.7 Å². The Balaban J connectivity index is 1.80. The molecule has 0 fully saturated rings. The Hall–Kier alpha value is -2.03. The Morgan fingerprint density at radius 3 is 2.76 bits per heavy atom. The molecule has 2 aromatic heterocycles. The highest BCUT2D eigenvalue weighted by Crippen LogP contribution is 2.25. The predicted octanol–water partition coefficient (Wildman–Crippen LogP) is 3.73. The molecule has 0 bridgehead atoms. The third-order valence-electron chi connectivity index (χ3n) is 2.80. The van der Waals surface area contributed by atoms with Crippen molar-refractivity contribution in [3.8, 4) is 0 Å². The van der Waals surface area contributed by atoms with Gasteiger partial charge in [-0.2, -0.15) is 8.78 Å². The number of rotatable bonds is 4. The number of halogens is 4. The van der Waals surface area contributed by atoms with Gasteiger partial charge in [0.05, 0.1) is 16.8 Å². The van der Waals surface area contributed by atoms with Gasteiger partial charge in [-0.25, -0.2) is 18.7 Å². The number of alkyl halides is 2. The molecule has 1 aromatic carbocycles. The molecule has 3 rings (SSSR count). The minimum absolute atomic E-state index is 0.155. The van der Waals surface area contributed by atoms with Crippen molar-refractivity contribution in [2.75, 3.05) is 0 Å². The molecule has 2 heterocycles. The topological polar surface area (TPSA) is 46.5 Å². The molecule has 0 aliphatic rings. The largest absolute Gasteiger partial charge is 0.333 e. The van der Waals surface area contributed by atoms with Gasteiger partial charge in [0.1, 0.15) is 5.82 Å². The summed E-state index contributed by atoms with van der Waals surface area (Å²) in [5, 5.41) is 0.374. The van der Waals surface area contributed by atoms with Crippen molar-refractivity contribution in [1.82, 2.24) is 19.5 Å². The Bertz CT molecular complexity index is 744. The van der Waals surface area contributed by atoms with Gasteiger partial charge in [0.25, 0.3) is 0 Å². The van der Waals surface area contributed by atoms with Crippen LogP contribution >= 0.6 is 11.8 Å². The number of H-pyrrole nitrogens is 1. The number of fused-ring (bicyclic) bond motifs is 1. The normalized spacial score (nSPS) is 11.7. The Labute approximate surface area is 120 Å². The second-order valence-corrected chi connectivity index (χ2v) is 5.11. The molecule has 0 saturated carbocycles. The van der Waals surface area contributed by atoms with E-state index in [1.165, 1.54) is 12.4 Å². The zero-order valence-electron chi connectivity index (χ0n) is 10.4. The zero-order chi connectivity index (χ0) is 15.0. The van der Waals surface area contributed by atoms with Crippen LogP contribution in [0.1, 0.15) is 12.4 Å². The van der Waals surface area contributed by atoms with Crippen molar-refractivity contribution < 1.29 is 17.6 Å². The first-order valence-electron chi connectivity index (χ1n) is 5.82. The van der Waals surface area contributed by atoms with Crippen LogP contribution in [0.25, 0.3) is 11.0 Å². The summed E-state index contributed by atoms with van der Waals surface area (Å²) in [4.78, 5) is 10.7. The SMILES string of the molecule is Fc1cc2nc(SCc3nccn3C(F)F)[nH]c2cc1F. The molecule has 3 aromatic rings. The summed E-state index contributed by atoms with van der Waals surface area (Å²) in [7, 11) is 0. The lowest BCUT2D eigenvalue weighted by molar-refractivity contribution is 0.0678. The van der Waals surface area contributed by atoms with E-state index in [1.807, 2.05) is 0 Å². The second kappa shape index (κ2) is 5.40. The van der Waals surface area contributed by atoms with Gasteiger partial charge in [0.2, 0.25) is 0 Å². The van der Waals surface area contributed by atoms with E-state index in [1.54, 1.807) is 0 Å². The first-order valence-corrected chi connectivity index (χ1v) is 6.80. The van der Waals surface area contributed by atoms with Crippen molar-refractivity contribution in [3.63, 3.8) is 0 Å². The summed E-state index contributed by atoms with van der Waals surface area (Å²) in [5.41, 5.74) is 0.613. The van der Waals surface area contributed by atoms with Crippen molar-refractivity contribution in [1.29, 1.82) is 0 Å². The third kappa shape index (κ3) is 2.73. The van der Waals surface area contributed by atoms with Crippen LogP contribution < -0.4 is 0 Å². The lowest BCUT2D eigenvalue weighted by atomic mass is 10.3. The van der Waals surface area contributed by atoms with Crippen LogP contribution in [0, 0.1) is 11.6 Å². The summed E-state index contributed by atoms with van der Waals surface area (Å²) < 4.78 is 52.2. The summed E-state index contributed by atoms with van der Waals surface area (Å²) in [6, 6.07) is 1.98. The van der Waals surface area contributed by atoms with Crippen molar-refractivity contribution in [2.24, 2.45) is 0 Å². The van der Waals surface area contributed by atoms with Crippen LogP contribution in [0.5, 0.6) is 0 Å². The Morgan fingerprint density at radius 1 is 1.24 bits per heavy atom. The quantitative estimate of drug-likeness (QED) is 0.589. The highest BCUT2D eigenvalue weighted by Gasteiger charge is 2.13. The van der Waals surface area contributed by atoms with Gasteiger partial charge in [0, 0.05) is 24.5 Å². The molecule has 0 spiro atoms. The highest BCUT2D eigenvalue weighted by atomic mass is 32.2. The average molecular weight is 316 g/mol. The zero-order valence-corrected chi connectivity index (χ0v) is 11.2. The van der Waals surface area contributed by atoms with Gasteiger partial charge in [-0.15, -0.1) is 0 Å². The number of nitrogens with zero attached hydrogens (tertiary/aromatic N) is 3. The van der Waals surface area contributed by atoms with Gasteiger partial charge >= 0.3 is 6.55 Å². The van der Waals surface area contributed by atoms with Crippen molar-refractivity contribution >= 4 is 22.8 Å². The van der Waals surface area contributed by atoms with Crippen LogP contribution in [0.2, 0.25) is 0 Å². The van der Waals surface area contributed by atoms with Crippen molar-refractivity contribution in [2.45, 2.75) is 17.5 Å². The number of hydrogen-bond donors (Lipinski definition) is 1. The smallest absolute Gasteiger partial charge is 0.319 e. The third-order valence-corrected chi connectivity index (χ3v) is 3.67. The molecular weight excluding hydrogens is 308 g/mol. The molecular formula is C12H8F4N4S. The number of nitrogens with one attached hydrogen (secondary N) is 1. The Morgan fingerprint density at radius 2 is 2.00 bits per heavy atom. The monoisotopic (exact) mass is 316 g/mol. The van der Waals surface area contributed by atoms with Gasteiger partial charge in [0.15, 0.2) is 16.8 Å². The summed E-state index contributed by atoms with van der Waals surface area (Å²) in [5.74, 6) is -1.62. The van der Waals surface area contributed by atoms with E-state index < -0.39 is 18.2 Å². The van der Waals surface area contributed by atoms with E-state index in [4.69, 9.17) is 0 Å². The maximum Gasteiger partial charge on any atom is 0.319 e. The summed E-state index contributed by atoms with van der Waals surface area (Å²) in [6.07, 6.45) is 2.47. The maximum absolute atomic E-state index is 13.1. The van der Waals surface area contributed by atoms with E-state index in [2.05, 4.69) is 15.0 Å². The molecule has 0 saturated heterocycles. The average Bonchev–Trinajstić information content (AvgIpc) is 3.03.